The summed E-state index contributed by atoms with van der Waals surface area (Å²) in [6, 6.07) is 9.11. The van der Waals surface area contributed by atoms with Gasteiger partial charge in [0.1, 0.15) is 0 Å². The highest BCUT2D eigenvalue weighted by Gasteiger charge is 2.23. The highest BCUT2D eigenvalue weighted by molar-refractivity contribution is 5.28. The first-order chi connectivity index (χ1) is 10.3. The van der Waals surface area contributed by atoms with Gasteiger partial charge in [-0.05, 0) is 31.0 Å². The van der Waals surface area contributed by atoms with E-state index in [4.69, 9.17) is 4.74 Å². The Morgan fingerprint density at radius 1 is 1.43 bits per heavy atom. The highest BCUT2D eigenvalue weighted by atomic mass is 16.5. The standard InChI is InChI=1S/C17H28N2O2/c1-3-18-17(16-7-5-4-6-14(16)2)8-9-19-10-11-21-13-15(19)12-20/h4-7,15,17-18,20H,3,8-13H2,1-2H3. The monoisotopic (exact) mass is 292 g/mol. The number of hydrogen-bond acceptors (Lipinski definition) is 4. The molecule has 2 unspecified atom stereocenters. The van der Waals surface area contributed by atoms with E-state index < -0.39 is 0 Å². The van der Waals surface area contributed by atoms with E-state index in [1.807, 2.05) is 0 Å². The molecule has 2 rings (SSSR count). The zero-order valence-electron chi connectivity index (χ0n) is 13.2. The van der Waals surface area contributed by atoms with Gasteiger partial charge in [0.25, 0.3) is 0 Å². The summed E-state index contributed by atoms with van der Waals surface area (Å²) < 4.78 is 5.44. The molecule has 1 aromatic rings. The Balaban J connectivity index is 1.98. The van der Waals surface area contributed by atoms with E-state index in [2.05, 4.69) is 48.3 Å². The summed E-state index contributed by atoms with van der Waals surface area (Å²) in [5.74, 6) is 0. The molecule has 2 N–H and O–H groups in total. The van der Waals surface area contributed by atoms with Gasteiger partial charge in [0.2, 0.25) is 0 Å². The second kappa shape index (κ2) is 8.49. The molecule has 0 spiro atoms. The molecule has 0 amide bonds. The fraction of sp³-hybridized carbons (Fsp3) is 0.647. The van der Waals surface area contributed by atoms with E-state index in [0.717, 1.165) is 32.7 Å². The van der Waals surface area contributed by atoms with Crippen LogP contribution < -0.4 is 5.32 Å². The topological polar surface area (TPSA) is 44.7 Å². The van der Waals surface area contributed by atoms with E-state index in [1.165, 1.54) is 11.1 Å². The van der Waals surface area contributed by atoms with Crippen LogP contribution in [0.1, 0.15) is 30.5 Å². The molecule has 1 saturated heterocycles. The number of aryl methyl sites for hydroxylation is 1. The first-order valence-electron chi connectivity index (χ1n) is 7.97. The van der Waals surface area contributed by atoms with Crippen molar-refractivity contribution in [2.45, 2.75) is 32.4 Å². The zero-order valence-corrected chi connectivity index (χ0v) is 13.2. The molecule has 0 radical (unpaired) electrons. The van der Waals surface area contributed by atoms with Crippen LogP contribution in [0.2, 0.25) is 0 Å². The van der Waals surface area contributed by atoms with Gasteiger partial charge in [-0.2, -0.15) is 0 Å². The second-order valence-electron chi connectivity index (χ2n) is 5.70. The largest absolute Gasteiger partial charge is 0.395 e. The van der Waals surface area contributed by atoms with Crippen molar-refractivity contribution in [2.75, 3.05) is 39.5 Å². The molecule has 0 bridgehead atoms. The maximum absolute atomic E-state index is 9.45. The Labute approximate surface area is 128 Å². The van der Waals surface area contributed by atoms with Crippen molar-refractivity contribution in [1.29, 1.82) is 0 Å². The lowest BCUT2D eigenvalue weighted by Crippen LogP contribution is -2.48. The first kappa shape index (κ1) is 16.4. The van der Waals surface area contributed by atoms with Crippen molar-refractivity contribution in [3.05, 3.63) is 35.4 Å². The minimum Gasteiger partial charge on any atom is -0.395 e. The van der Waals surface area contributed by atoms with Gasteiger partial charge in [-0.1, -0.05) is 31.2 Å². The first-order valence-corrected chi connectivity index (χ1v) is 7.97. The quantitative estimate of drug-likeness (QED) is 0.803. The van der Waals surface area contributed by atoms with Crippen LogP contribution >= 0.6 is 0 Å². The summed E-state index contributed by atoms with van der Waals surface area (Å²) in [6.45, 7) is 8.78. The molecule has 2 atom stereocenters. The van der Waals surface area contributed by atoms with Gasteiger partial charge in [0, 0.05) is 19.1 Å². The Bertz CT molecular complexity index is 425. The SMILES string of the molecule is CCNC(CCN1CCOCC1CO)c1ccccc1C. The summed E-state index contributed by atoms with van der Waals surface area (Å²) >= 11 is 0. The summed E-state index contributed by atoms with van der Waals surface area (Å²) in [7, 11) is 0. The van der Waals surface area contributed by atoms with E-state index >= 15 is 0 Å². The summed E-state index contributed by atoms with van der Waals surface area (Å²) in [4.78, 5) is 2.35. The van der Waals surface area contributed by atoms with Gasteiger partial charge in [-0.3, -0.25) is 4.90 Å². The molecule has 0 aliphatic carbocycles. The van der Waals surface area contributed by atoms with Gasteiger partial charge in [0.15, 0.2) is 0 Å². The third kappa shape index (κ3) is 4.51. The Kier molecular flexibility index (Phi) is 6.64. The molecule has 118 valence electrons. The number of nitrogens with one attached hydrogen (secondary N) is 1. The van der Waals surface area contributed by atoms with Crippen LogP contribution in [0.3, 0.4) is 0 Å². The maximum Gasteiger partial charge on any atom is 0.0644 e. The van der Waals surface area contributed by atoms with Gasteiger partial charge in [0.05, 0.1) is 25.9 Å². The Hall–Kier alpha value is -0.940. The number of ether oxygens (including phenoxy) is 1. The van der Waals surface area contributed by atoms with Gasteiger partial charge < -0.3 is 15.2 Å². The lowest BCUT2D eigenvalue weighted by molar-refractivity contribution is -0.0286. The molecule has 1 heterocycles. The van der Waals surface area contributed by atoms with Crippen molar-refractivity contribution >= 4 is 0 Å². The number of benzene rings is 1. The van der Waals surface area contributed by atoms with Gasteiger partial charge in [-0.15, -0.1) is 0 Å². The van der Waals surface area contributed by atoms with Crippen molar-refractivity contribution in [2.24, 2.45) is 0 Å². The number of aliphatic hydroxyl groups excluding tert-OH is 1. The predicted octanol–water partition coefficient (Wildman–Crippen LogP) is 1.73. The smallest absolute Gasteiger partial charge is 0.0644 e. The van der Waals surface area contributed by atoms with E-state index in [-0.39, 0.29) is 12.6 Å². The van der Waals surface area contributed by atoms with Crippen LogP contribution in [0.25, 0.3) is 0 Å². The molecule has 1 aromatic carbocycles. The number of aliphatic hydroxyl groups is 1. The molecule has 0 aromatic heterocycles. The molecule has 0 saturated carbocycles. The van der Waals surface area contributed by atoms with Gasteiger partial charge >= 0.3 is 0 Å². The molecule has 1 fully saturated rings. The number of morpholine rings is 1. The number of nitrogens with zero attached hydrogens (tertiary/aromatic N) is 1. The van der Waals surface area contributed by atoms with Crippen LogP contribution in [-0.4, -0.2) is 55.5 Å². The normalized spacial score (nSPS) is 21.4. The Morgan fingerprint density at radius 3 is 2.95 bits per heavy atom. The second-order valence-corrected chi connectivity index (χ2v) is 5.70. The van der Waals surface area contributed by atoms with Gasteiger partial charge in [-0.25, -0.2) is 0 Å². The fourth-order valence-electron chi connectivity index (χ4n) is 3.04. The van der Waals surface area contributed by atoms with E-state index in [9.17, 15) is 5.11 Å². The summed E-state index contributed by atoms with van der Waals surface area (Å²) in [5, 5.41) is 13.0. The average Bonchev–Trinajstić information content (AvgIpc) is 2.52. The molecule has 1 aliphatic rings. The van der Waals surface area contributed by atoms with Crippen LogP contribution in [-0.2, 0) is 4.74 Å². The lowest BCUT2D eigenvalue weighted by Gasteiger charge is -2.35. The Morgan fingerprint density at radius 2 is 2.24 bits per heavy atom. The average molecular weight is 292 g/mol. The van der Waals surface area contributed by atoms with Crippen molar-refractivity contribution in [3.63, 3.8) is 0 Å². The van der Waals surface area contributed by atoms with Crippen molar-refractivity contribution in [1.82, 2.24) is 10.2 Å². The van der Waals surface area contributed by atoms with Crippen LogP contribution in [0.4, 0.5) is 0 Å². The lowest BCUT2D eigenvalue weighted by atomic mass is 9.98. The third-order valence-corrected chi connectivity index (χ3v) is 4.28. The molecular formula is C17H28N2O2. The molecule has 4 nitrogen and oxygen atoms in total. The summed E-state index contributed by atoms with van der Waals surface area (Å²) in [5.41, 5.74) is 2.72. The molecule has 21 heavy (non-hydrogen) atoms. The highest BCUT2D eigenvalue weighted by Crippen LogP contribution is 2.21. The maximum atomic E-state index is 9.45. The minimum atomic E-state index is 0.151. The van der Waals surface area contributed by atoms with E-state index in [1.54, 1.807) is 0 Å². The van der Waals surface area contributed by atoms with Crippen LogP contribution in [0.15, 0.2) is 24.3 Å². The van der Waals surface area contributed by atoms with Crippen molar-refractivity contribution in [3.8, 4) is 0 Å². The minimum absolute atomic E-state index is 0.151. The van der Waals surface area contributed by atoms with Crippen LogP contribution in [0.5, 0.6) is 0 Å². The number of hydrogen-bond donors (Lipinski definition) is 2. The zero-order chi connectivity index (χ0) is 15.1. The third-order valence-electron chi connectivity index (χ3n) is 4.28. The molecular weight excluding hydrogens is 264 g/mol. The summed E-state index contributed by atoms with van der Waals surface area (Å²) in [6.07, 6.45) is 1.05. The number of rotatable bonds is 7. The predicted molar refractivity (Wildman–Crippen MR) is 85.5 cm³/mol. The molecule has 4 heteroatoms. The van der Waals surface area contributed by atoms with E-state index in [0.29, 0.717) is 12.6 Å². The fourth-order valence-corrected chi connectivity index (χ4v) is 3.04. The molecule has 1 aliphatic heterocycles. The van der Waals surface area contributed by atoms with Crippen molar-refractivity contribution < 1.29 is 9.84 Å². The van der Waals surface area contributed by atoms with Crippen LogP contribution in [0, 0.1) is 6.92 Å².